The van der Waals surface area contributed by atoms with E-state index in [0.717, 1.165) is 6.92 Å². The summed E-state index contributed by atoms with van der Waals surface area (Å²) in [6.45, 7) is 5.14. The van der Waals surface area contributed by atoms with E-state index in [9.17, 15) is 22.8 Å². The molecule has 1 amide bonds. The van der Waals surface area contributed by atoms with Gasteiger partial charge in [0.15, 0.2) is 5.65 Å². The number of rotatable bonds is 4. The number of hydrogen-bond acceptors (Lipinski definition) is 4. The summed E-state index contributed by atoms with van der Waals surface area (Å²) in [5.41, 5.74) is 0.240. The van der Waals surface area contributed by atoms with Crippen LogP contribution in [0.5, 0.6) is 0 Å². The molecule has 0 fully saturated rings. The number of nitrogens with zero attached hydrogens (tertiary/aromatic N) is 3. The third-order valence-corrected chi connectivity index (χ3v) is 3.84. The second kappa shape index (κ2) is 6.25. The van der Waals surface area contributed by atoms with Crippen molar-refractivity contribution >= 4 is 16.9 Å². The number of hydrogen-bond donors (Lipinski definition) is 2. The lowest BCUT2D eigenvalue weighted by Crippen LogP contribution is -2.44. The molecule has 2 aromatic rings. The molecule has 2 N–H and O–H groups in total. The van der Waals surface area contributed by atoms with Crippen molar-refractivity contribution in [3.05, 3.63) is 21.9 Å². The van der Waals surface area contributed by atoms with Crippen LogP contribution in [0.25, 0.3) is 11.0 Å². The zero-order valence-electron chi connectivity index (χ0n) is 13.7. The lowest BCUT2D eigenvalue weighted by atomic mass is 10.0. The number of halogens is 3. The first-order chi connectivity index (χ1) is 11.0. The molecule has 24 heavy (non-hydrogen) atoms. The Morgan fingerprint density at radius 3 is 2.54 bits per heavy atom. The Labute approximate surface area is 135 Å². The van der Waals surface area contributed by atoms with Crippen LogP contribution in [0.1, 0.15) is 25.4 Å². The number of aromatic amines is 1. The summed E-state index contributed by atoms with van der Waals surface area (Å²) in [6.07, 6.45) is -4.40. The molecule has 0 radical (unpaired) electrons. The predicted molar refractivity (Wildman–Crippen MR) is 80.4 cm³/mol. The maximum atomic E-state index is 12.7. The van der Waals surface area contributed by atoms with Crippen LogP contribution in [-0.2, 0) is 11.3 Å². The summed E-state index contributed by atoms with van der Waals surface area (Å²) in [5.74, 6) is -1.96. The Morgan fingerprint density at radius 2 is 1.96 bits per heavy atom. The highest BCUT2D eigenvalue weighted by Gasteiger charge is 2.40. The molecule has 0 aromatic carbocycles. The van der Waals surface area contributed by atoms with Crippen molar-refractivity contribution in [2.45, 2.75) is 46.5 Å². The largest absolute Gasteiger partial charge is 0.393 e. The monoisotopic (exact) mass is 345 g/mol. The smallest absolute Gasteiger partial charge is 0.351 e. The van der Waals surface area contributed by atoms with E-state index in [4.69, 9.17) is 0 Å². The van der Waals surface area contributed by atoms with E-state index in [-0.39, 0.29) is 23.1 Å². The highest BCUT2D eigenvalue weighted by molar-refractivity contribution is 5.81. The number of H-pyrrole nitrogens is 1. The zero-order chi connectivity index (χ0) is 18.2. The van der Waals surface area contributed by atoms with E-state index in [1.165, 1.54) is 11.6 Å². The van der Waals surface area contributed by atoms with Gasteiger partial charge >= 0.3 is 6.18 Å². The summed E-state index contributed by atoms with van der Waals surface area (Å²) < 4.78 is 39.2. The standard InChI is InChI=1S/C14H18F3N5O2/c1-6(14(15,16)17)7(2)18-10(23)5-22-12-11(8(3)21-22)13(24)20-9(4)19-12/h6-7H,5H2,1-4H3,(H,18,23)(H,19,20,24)/t6-,7?/m1/s1. The van der Waals surface area contributed by atoms with E-state index in [2.05, 4.69) is 20.4 Å². The van der Waals surface area contributed by atoms with E-state index < -0.39 is 24.0 Å². The quantitative estimate of drug-likeness (QED) is 0.877. The van der Waals surface area contributed by atoms with Gasteiger partial charge in [0, 0.05) is 6.04 Å². The van der Waals surface area contributed by atoms with E-state index in [0.29, 0.717) is 11.5 Å². The summed E-state index contributed by atoms with van der Waals surface area (Å²) in [4.78, 5) is 30.6. The molecule has 0 saturated carbocycles. The highest BCUT2D eigenvalue weighted by Crippen LogP contribution is 2.28. The van der Waals surface area contributed by atoms with Crippen molar-refractivity contribution in [2.24, 2.45) is 5.92 Å². The molecular weight excluding hydrogens is 327 g/mol. The summed E-state index contributed by atoms with van der Waals surface area (Å²) in [6, 6.07) is -1.08. The van der Waals surface area contributed by atoms with Gasteiger partial charge in [-0.25, -0.2) is 9.67 Å². The van der Waals surface area contributed by atoms with Gasteiger partial charge in [-0.2, -0.15) is 18.3 Å². The normalized spacial score (nSPS) is 14.6. The van der Waals surface area contributed by atoms with Crippen molar-refractivity contribution in [1.82, 2.24) is 25.1 Å². The van der Waals surface area contributed by atoms with Crippen molar-refractivity contribution in [2.75, 3.05) is 0 Å². The van der Waals surface area contributed by atoms with Crippen molar-refractivity contribution in [3.63, 3.8) is 0 Å². The van der Waals surface area contributed by atoms with Gasteiger partial charge in [0.25, 0.3) is 5.56 Å². The van der Waals surface area contributed by atoms with Crippen LogP contribution in [0.4, 0.5) is 13.2 Å². The molecule has 0 spiro atoms. The SMILES string of the molecule is Cc1nc2c(c(C)nn2CC(=O)NC(C)[C@@H](C)C(F)(F)F)c(=O)[nH]1. The molecule has 2 rings (SSSR count). The van der Waals surface area contributed by atoms with Crippen molar-refractivity contribution < 1.29 is 18.0 Å². The first kappa shape index (κ1) is 18.0. The first-order valence-corrected chi connectivity index (χ1v) is 7.30. The third kappa shape index (κ3) is 3.57. The fourth-order valence-electron chi connectivity index (χ4n) is 2.32. The molecule has 0 aliphatic carbocycles. The average Bonchev–Trinajstić information content (AvgIpc) is 2.72. The van der Waals surface area contributed by atoms with Gasteiger partial charge in [-0.05, 0) is 20.8 Å². The molecule has 7 nitrogen and oxygen atoms in total. The van der Waals surface area contributed by atoms with Gasteiger partial charge in [-0.3, -0.25) is 9.59 Å². The Bertz CT molecular complexity index is 824. The molecule has 0 aliphatic rings. The van der Waals surface area contributed by atoms with E-state index >= 15 is 0 Å². The lowest BCUT2D eigenvalue weighted by Gasteiger charge is -2.23. The molecule has 0 bridgehead atoms. The van der Waals surface area contributed by atoms with E-state index in [1.807, 2.05) is 0 Å². The number of aromatic nitrogens is 4. The Balaban J connectivity index is 2.21. The number of carbonyl (C=O) groups is 1. The van der Waals surface area contributed by atoms with Gasteiger partial charge in [-0.1, -0.05) is 6.92 Å². The molecular formula is C14H18F3N5O2. The van der Waals surface area contributed by atoms with Crippen LogP contribution >= 0.6 is 0 Å². The first-order valence-electron chi connectivity index (χ1n) is 7.30. The minimum absolute atomic E-state index is 0.223. The number of alkyl halides is 3. The molecule has 1 unspecified atom stereocenters. The summed E-state index contributed by atoms with van der Waals surface area (Å²) >= 11 is 0. The maximum absolute atomic E-state index is 12.7. The van der Waals surface area contributed by atoms with Crippen LogP contribution in [0.3, 0.4) is 0 Å². The molecule has 132 valence electrons. The maximum Gasteiger partial charge on any atom is 0.393 e. The van der Waals surface area contributed by atoms with Gasteiger partial charge in [0.2, 0.25) is 5.91 Å². The number of fused-ring (bicyclic) bond motifs is 1. The van der Waals surface area contributed by atoms with E-state index in [1.54, 1.807) is 13.8 Å². The topological polar surface area (TPSA) is 92.7 Å². The number of amides is 1. The van der Waals surface area contributed by atoms with Crippen molar-refractivity contribution in [3.8, 4) is 0 Å². The molecule has 2 heterocycles. The van der Waals surface area contributed by atoms with Crippen LogP contribution in [-0.4, -0.2) is 37.9 Å². The van der Waals surface area contributed by atoms with Gasteiger partial charge in [0.1, 0.15) is 17.8 Å². The lowest BCUT2D eigenvalue weighted by molar-refractivity contribution is -0.176. The van der Waals surface area contributed by atoms with Gasteiger partial charge < -0.3 is 10.3 Å². The van der Waals surface area contributed by atoms with Crippen molar-refractivity contribution in [1.29, 1.82) is 0 Å². The number of nitrogens with one attached hydrogen (secondary N) is 2. The molecule has 0 saturated heterocycles. The highest BCUT2D eigenvalue weighted by atomic mass is 19.4. The molecule has 0 aliphatic heterocycles. The minimum Gasteiger partial charge on any atom is -0.351 e. The van der Waals surface area contributed by atoms with Gasteiger partial charge in [0.05, 0.1) is 11.6 Å². The molecule has 2 aromatic heterocycles. The Hall–Kier alpha value is -2.39. The fourth-order valence-corrected chi connectivity index (χ4v) is 2.32. The fraction of sp³-hybridized carbons (Fsp3) is 0.571. The average molecular weight is 345 g/mol. The van der Waals surface area contributed by atoms with Crippen LogP contribution in [0.2, 0.25) is 0 Å². The molecule has 2 atom stereocenters. The summed E-state index contributed by atoms with van der Waals surface area (Å²) in [7, 11) is 0. The summed E-state index contributed by atoms with van der Waals surface area (Å²) in [5, 5.41) is 6.64. The minimum atomic E-state index is -4.40. The number of carbonyl (C=O) groups excluding carboxylic acids is 1. The zero-order valence-corrected chi connectivity index (χ0v) is 13.7. The van der Waals surface area contributed by atoms with Crippen LogP contribution < -0.4 is 10.9 Å². The number of aryl methyl sites for hydroxylation is 2. The second-order valence-electron chi connectivity index (χ2n) is 5.78. The second-order valence-corrected chi connectivity index (χ2v) is 5.78. The Kier molecular flexibility index (Phi) is 4.68. The predicted octanol–water partition coefficient (Wildman–Crippen LogP) is 1.44. The van der Waals surface area contributed by atoms with Crippen LogP contribution in [0.15, 0.2) is 4.79 Å². The van der Waals surface area contributed by atoms with Crippen LogP contribution in [0, 0.1) is 19.8 Å². The van der Waals surface area contributed by atoms with Gasteiger partial charge in [-0.15, -0.1) is 0 Å². The Morgan fingerprint density at radius 1 is 1.33 bits per heavy atom. The molecule has 10 heteroatoms. The third-order valence-electron chi connectivity index (χ3n) is 3.84.